The zero-order chi connectivity index (χ0) is 23.7. The van der Waals surface area contributed by atoms with Crippen LogP contribution in [0.4, 0.5) is 13.2 Å². The Balaban J connectivity index is 1.27. The Labute approximate surface area is 192 Å². The predicted octanol–water partition coefficient (Wildman–Crippen LogP) is 5.79. The molecule has 0 aliphatic carbocycles. The molecule has 34 heavy (non-hydrogen) atoms. The Hall–Kier alpha value is -4.14. The van der Waals surface area contributed by atoms with Crippen molar-refractivity contribution in [3.8, 4) is 22.9 Å². The average Bonchev–Trinajstić information content (AvgIpc) is 3.28. The molecule has 6 nitrogen and oxygen atoms in total. The van der Waals surface area contributed by atoms with Crippen LogP contribution in [0.1, 0.15) is 27.7 Å². The Morgan fingerprint density at radius 1 is 0.971 bits per heavy atom. The van der Waals surface area contributed by atoms with Gasteiger partial charge in [0.15, 0.2) is 0 Å². The Morgan fingerprint density at radius 2 is 1.71 bits per heavy atom. The molecule has 172 valence electrons. The summed E-state index contributed by atoms with van der Waals surface area (Å²) in [6, 6.07) is 20.9. The highest BCUT2D eigenvalue weighted by Gasteiger charge is 2.37. The van der Waals surface area contributed by atoms with Gasteiger partial charge in [0.25, 0.3) is 5.91 Å². The smallest absolute Gasteiger partial charge is 0.416 e. The normalized spacial score (nSPS) is 14.0. The van der Waals surface area contributed by atoms with Crippen molar-refractivity contribution in [3.63, 3.8) is 0 Å². The average molecular weight is 465 g/mol. The molecule has 0 saturated carbocycles. The zero-order valence-electron chi connectivity index (χ0n) is 17.7. The van der Waals surface area contributed by atoms with Gasteiger partial charge in [-0.25, -0.2) is 0 Å². The van der Waals surface area contributed by atoms with Crippen LogP contribution in [0.15, 0.2) is 83.4 Å². The van der Waals surface area contributed by atoms with Crippen molar-refractivity contribution in [2.45, 2.75) is 12.1 Å². The number of nitrogens with zero attached hydrogens (tertiary/aromatic N) is 3. The highest BCUT2D eigenvalue weighted by molar-refractivity contribution is 5.97. The van der Waals surface area contributed by atoms with Gasteiger partial charge in [-0.15, -0.1) is 0 Å². The van der Waals surface area contributed by atoms with E-state index in [2.05, 4.69) is 10.1 Å². The monoisotopic (exact) mass is 465 g/mol. The van der Waals surface area contributed by atoms with Crippen molar-refractivity contribution in [3.05, 3.63) is 95.9 Å². The number of halogens is 3. The fraction of sp³-hybridized carbons (Fsp3) is 0.160. The number of hydrogen-bond acceptors (Lipinski definition) is 5. The summed E-state index contributed by atoms with van der Waals surface area (Å²) in [5, 5.41) is 3.82. The third-order valence-electron chi connectivity index (χ3n) is 5.50. The highest BCUT2D eigenvalue weighted by atomic mass is 19.4. The Kier molecular flexibility index (Phi) is 5.53. The molecule has 1 aliphatic rings. The second-order valence-corrected chi connectivity index (χ2v) is 7.85. The molecule has 0 radical (unpaired) electrons. The van der Waals surface area contributed by atoms with Crippen molar-refractivity contribution in [2.75, 3.05) is 13.1 Å². The maximum absolute atomic E-state index is 13.0. The minimum atomic E-state index is -4.46. The topological polar surface area (TPSA) is 68.5 Å². The number of carbonyl (C=O) groups excluding carboxylic acids is 1. The second kappa shape index (κ2) is 8.66. The molecular formula is C25H18F3N3O3. The van der Waals surface area contributed by atoms with Crippen LogP contribution in [-0.4, -0.2) is 34.0 Å². The van der Waals surface area contributed by atoms with Crippen LogP contribution in [0.25, 0.3) is 11.4 Å². The number of benzene rings is 3. The Morgan fingerprint density at radius 3 is 2.47 bits per heavy atom. The van der Waals surface area contributed by atoms with Gasteiger partial charge in [0.2, 0.25) is 11.7 Å². The molecule has 0 atom stereocenters. The number of para-hydroxylation sites is 2. The molecule has 1 saturated heterocycles. The molecule has 0 N–H and O–H groups in total. The number of ether oxygens (including phenoxy) is 1. The van der Waals surface area contributed by atoms with E-state index in [9.17, 15) is 18.0 Å². The molecule has 0 unspecified atom stereocenters. The van der Waals surface area contributed by atoms with E-state index in [4.69, 9.17) is 9.26 Å². The zero-order valence-corrected chi connectivity index (χ0v) is 17.7. The lowest BCUT2D eigenvalue weighted by Crippen LogP contribution is -2.48. The van der Waals surface area contributed by atoms with Crippen molar-refractivity contribution in [2.24, 2.45) is 0 Å². The van der Waals surface area contributed by atoms with Crippen LogP contribution >= 0.6 is 0 Å². The first-order valence-corrected chi connectivity index (χ1v) is 10.5. The van der Waals surface area contributed by atoms with Crippen molar-refractivity contribution >= 4 is 5.91 Å². The Bertz CT molecular complexity index is 1320. The summed E-state index contributed by atoms with van der Waals surface area (Å²) in [6.45, 7) is 0.700. The SMILES string of the molecule is O=C(c1ccccc1Oc1ccccc1)N1CC(c2nc(-c3cccc(C(F)(F)F)c3)no2)C1. The van der Waals surface area contributed by atoms with E-state index in [-0.39, 0.29) is 29.1 Å². The lowest BCUT2D eigenvalue weighted by atomic mass is 9.98. The number of amides is 1. The van der Waals surface area contributed by atoms with Crippen LogP contribution in [0.5, 0.6) is 11.5 Å². The second-order valence-electron chi connectivity index (χ2n) is 7.85. The number of aromatic nitrogens is 2. The number of carbonyl (C=O) groups is 1. The highest BCUT2D eigenvalue weighted by Crippen LogP contribution is 2.34. The molecular weight excluding hydrogens is 447 g/mol. The van der Waals surface area contributed by atoms with Gasteiger partial charge in [0, 0.05) is 18.7 Å². The van der Waals surface area contributed by atoms with Crippen molar-refractivity contribution in [1.29, 1.82) is 0 Å². The van der Waals surface area contributed by atoms with Gasteiger partial charge in [0.05, 0.1) is 17.0 Å². The molecule has 1 aromatic heterocycles. The lowest BCUT2D eigenvalue weighted by Gasteiger charge is -2.37. The number of alkyl halides is 3. The third-order valence-corrected chi connectivity index (χ3v) is 5.50. The predicted molar refractivity (Wildman–Crippen MR) is 116 cm³/mol. The molecule has 9 heteroatoms. The van der Waals surface area contributed by atoms with Crippen LogP contribution in [0.3, 0.4) is 0 Å². The van der Waals surface area contributed by atoms with Gasteiger partial charge in [-0.2, -0.15) is 18.2 Å². The van der Waals surface area contributed by atoms with Crippen molar-refractivity contribution in [1.82, 2.24) is 15.0 Å². The largest absolute Gasteiger partial charge is 0.457 e. The standard InChI is InChI=1S/C25H18F3N3O3/c26-25(27,28)18-8-6-7-16(13-18)22-29-23(34-30-22)17-14-31(15-17)24(32)20-11-4-5-12-21(20)33-19-9-2-1-3-10-19/h1-13,17H,14-15H2. The molecule has 3 aromatic carbocycles. The summed E-state index contributed by atoms with van der Waals surface area (Å²) in [6.07, 6.45) is -4.46. The van der Waals surface area contributed by atoms with Crippen molar-refractivity contribution < 1.29 is 27.2 Å². The molecule has 4 aromatic rings. The first kappa shape index (κ1) is 21.7. The summed E-state index contributed by atoms with van der Waals surface area (Å²) in [5.74, 6) is 1.04. The van der Waals surface area contributed by atoms with Gasteiger partial charge in [-0.3, -0.25) is 4.79 Å². The molecule has 5 rings (SSSR count). The van der Waals surface area contributed by atoms with Gasteiger partial charge >= 0.3 is 6.18 Å². The number of rotatable bonds is 5. The van der Waals surface area contributed by atoms with Gasteiger partial charge in [0.1, 0.15) is 11.5 Å². The van der Waals surface area contributed by atoms with E-state index in [0.717, 1.165) is 12.1 Å². The maximum atomic E-state index is 13.0. The van der Waals surface area contributed by atoms with E-state index >= 15 is 0 Å². The summed E-state index contributed by atoms with van der Waals surface area (Å²) in [5.41, 5.74) is -0.141. The van der Waals surface area contributed by atoms with Gasteiger partial charge in [-0.1, -0.05) is 47.6 Å². The number of hydrogen-bond donors (Lipinski definition) is 0. The molecule has 1 aliphatic heterocycles. The minimum Gasteiger partial charge on any atom is -0.457 e. The summed E-state index contributed by atoms with van der Waals surface area (Å²) < 4.78 is 50.1. The molecule has 1 fully saturated rings. The van der Waals surface area contributed by atoms with E-state index < -0.39 is 11.7 Å². The van der Waals surface area contributed by atoms with Crippen LogP contribution < -0.4 is 4.74 Å². The van der Waals surface area contributed by atoms with Crippen LogP contribution in [-0.2, 0) is 6.18 Å². The van der Waals surface area contributed by atoms with Gasteiger partial charge in [-0.05, 0) is 36.4 Å². The summed E-state index contributed by atoms with van der Waals surface area (Å²) >= 11 is 0. The molecule has 0 spiro atoms. The fourth-order valence-corrected chi connectivity index (χ4v) is 3.67. The van der Waals surface area contributed by atoms with Gasteiger partial charge < -0.3 is 14.2 Å². The van der Waals surface area contributed by atoms with Crippen LogP contribution in [0.2, 0.25) is 0 Å². The molecule has 0 bridgehead atoms. The first-order chi connectivity index (χ1) is 16.4. The first-order valence-electron chi connectivity index (χ1n) is 10.5. The maximum Gasteiger partial charge on any atom is 0.416 e. The van der Waals surface area contributed by atoms with E-state index in [0.29, 0.717) is 30.2 Å². The fourth-order valence-electron chi connectivity index (χ4n) is 3.67. The lowest BCUT2D eigenvalue weighted by molar-refractivity contribution is -0.137. The quantitative estimate of drug-likeness (QED) is 0.373. The number of likely N-dealkylation sites (tertiary alicyclic amines) is 1. The van der Waals surface area contributed by atoms with Crippen LogP contribution in [0, 0.1) is 0 Å². The third kappa shape index (κ3) is 4.36. The molecule has 2 heterocycles. The minimum absolute atomic E-state index is 0.0764. The summed E-state index contributed by atoms with van der Waals surface area (Å²) in [4.78, 5) is 18.9. The van der Waals surface area contributed by atoms with E-state index in [1.54, 1.807) is 41.3 Å². The summed E-state index contributed by atoms with van der Waals surface area (Å²) in [7, 11) is 0. The molecule has 1 amide bonds. The van der Waals surface area contributed by atoms with E-state index in [1.807, 2.05) is 18.2 Å². The van der Waals surface area contributed by atoms with E-state index in [1.165, 1.54) is 12.1 Å².